The van der Waals surface area contributed by atoms with Crippen LogP contribution in [0.2, 0.25) is 0 Å². The number of carbonyl (C=O) groups is 3. The molecule has 248 valence electrons. The number of hydrogen-bond donors (Lipinski definition) is 1. The lowest BCUT2D eigenvalue weighted by Crippen LogP contribution is -2.42. The van der Waals surface area contributed by atoms with Gasteiger partial charge in [-0.3, -0.25) is 9.59 Å². The van der Waals surface area contributed by atoms with Crippen LogP contribution in [0, 0.1) is 11.8 Å². The Hall–Kier alpha value is -3.05. The van der Waals surface area contributed by atoms with Crippen LogP contribution in [0.1, 0.15) is 77.1 Å². The van der Waals surface area contributed by atoms with Gasteiger partial charge in [-0.25, -0.2) is 4.79 Å². The molecule has 11 nitrogen and oxygen atoms in total. The standard InChI is InChI=1S/C33H53N3O8/c1-23(2)36(31(38)24-9-11-28(41-7)29(19-24)43-16-8-15-40-6)22-26-21-35(32(39)44-33(3,4)5)20-25(26)10-12-30(37)34-27-13-17-42-18-14-27/h9,11,19,23,25-27H,8,10,12-18,20-22H2,1-7H3,(H,34,37)/t25-,26+/m1/s1. The number of rotatable bonds is 14. The molecule has 3 rings (SSSR count). The lowest BCUT2D eigenvalue weighted by Gasteiger charge is -2.32. The number of likely N-dealkylation sites (tertiary alicyclic amines) is 1. The van der Waals surface area contributed by atoms with E-state index >= 15 is 0 Å². The van der Waals surface area contributed by atoms with Crippen LogP contribution >= 0.6 is 0 Å². The van der Waals surface area contributed by atoms with Crippen molar-refractivity contribution in [3.63, 3.8) is 0 Å². The van der Waals surface area contributed by atoms with Gasteiger partial charge < -0.3 is 38.8 Å². The van der Waals surface area contributed by atoms with E-state index in [1.807, 2.05) is 39.5 Å². The second-order valence-electron chi connectivity index (χ2n) is 13.0. The zero-order valence-electron chi connectivity index (χ0n) is 27.7. The molecule has 2 aliphatic heterocycles. The van der Waals surface area contributed by atoms with Crippen molar-refractivity contribution in [3.8, 4) is 11.5 Å². The van der Waals surface area contributed by atoms with Gasteiger partial charge in [0.1, 0.15) is 5.60 Å². The summed E-state index contributed by atoms with van der Waals surface area (Å²) in [4.78, 5) is 43.4. The molecule has 0 aliphatic carbocycles. The van der Waals surface area contributed by atoms with Crippen LogP contribution < -0.4 is 14.8 Å². The van der Waals surface area contributed by atoms with E-state index in [9.17, 15) is 14.4 Å². The molecule has 0 saturated carbocycles. The van der Waals surface area contributed by atoms with Crippen LogP contribution in [-0.4, -0.2) is 106 Å². The Labute approximate surface area is 262 Å². The van der Waals surface area contributed by atoms with E-state index < -0.39 is 5.60 Å². The Morgan fingerprint density at radius 3 is 2.39 bits per heavy atom. The molecule has 1 aromatic carbocycles. The summed E-state index contributed by atoms with van der Waals surface area (Å²) in [6, 6.07) is 5.27. The molecule has 1 aromatic rings. The first-order valence-electron chi connectivity index (χ1n) is 15.9. The van der Waals surface area contributed by atoms with Crippen LogP contribution in [0.4, 0.5) is 4.79 Å². The van der Waals surface area contributed by atoms with Gasteiger partial charge in [0.05, 0.1) is 13.7 Å². The highest BCUT2D eigenvalue weighted by atomic mass is 16.6. The minimum Gasteiger partial charge on any atom is -0.493 e. The first kappa shape index (κ1) is 35.4. The second-order valence-corrected chi connectivity index (χ2v) is 13.0. The zero-order chi connectivity index (χ0) is 32.3. The predicted octanol–water partition coefficient (Wildman–Crippen LogP) is 4.52. The van der Waals surface area contributed by atoms with Gasteiger partial charge >= 0.3 is 6.09 Å². The maximum Gasteiger partial charge on any atom is 0.410 e. The molecule has 0 aromatic heterocycles. The third kappa shape index (κ3) is 10.8. The normalized spacial score (nSPS) is 19.1. The Morgan fingerprint density at radius 2 is 1.75 bits per heavy atom. The van der Waals surface area contributed by atoms with E-state index in [1.165, 1.54) is 0 Å². The quantitative estimate of drug-likeness (QED) is 0.302. The Bertz CT molecular complexity index is 1080. The number of amides is 3. The van der Waals surface area contributed by atoms with Gasteiger partial charge in [-0.05, 0) is 83.9 Å². The minimum atomic E-state index is -0.619. The third-order valence-corrected chi connectivity index (χ3v) is 8.03. The minimum absolute atomic E-state index is 0.0134. The van der Waals surface area contributed by atoms with Crippen LogP contribution in [0.3, 0.4) is 0 Å². The van der Waals surface area contributed by atoms with Crippen molar-refractivity contribution in [3.05, 3.63) is 23.8 Å². The number of nitrogens with one attached hydrogen (secondary N) is 1. The summed E-state index contributed by atoms with van der Waals surface area (Å²) in [6.07, 6.45) is 2.95. The number of benzene rings is 1. The van der Waals surface area contributed by atoms with E-state index in [2.05, 4.69) is 5.32 Å². The maximum absolute atomic E-state index is 13.9. The first-order chi connectivity index (χ1) is 20.9. The number of carbonyl (C=O) groups excluding carboxylic acids is 3. The third-order valence-electron chi connectivity index (χ3n) is 8.03. The summed E-state index contributed by atoms with van der Waals surface area (Å²) in [5, 5.41) is 3.14. The molecule has 0 spiro atoms. The lowest BCUT2D eigenvalue weighted by atomic mass is 9.90. The fourth-order valence-corrected chi connectivity index (χ4v) is 5.66. The van der Waals surface area contributed by atoms with Crippen molar-refractivity contribution < 1.29 is 38.1 Å². The van der Waals surface area contributed by atoms with Gasteiger partial charge in [-0.2, -0.15) is 0 Å². The van der Waals surface area contributed by atoms with E-state index in [1.54, 1.807) is 37.3 Å². The number of nitrogens with zero attached hydrogens (tertiary/aromatic N) is 2. The topological polar surface area (TPSA) is 116 Å². The number of methoxy groups -OCH3 is 2. The molecule has 0 radical (unpaired) electrons. The van der Waals surface area contributed by atoms with Crippen molar-refractivity contribution in [1.29, 1.82) is 0 Å². The monoisotopic (exact) mass is 619 g/mol. The molecule has 0 bridgehead atoms. The van der Waals surface area contributed by atoms with Gasteiger partial charge in [0.2, 0.25) is 5.91 Å². The van der Waals surface area contributed by atoms with Crippen molar-refractivity contribution in [1.82, 2.24) is 15.1 Å². The molecule has 1 N–H and O–H groups in total. The highest BCUT2D eigenvalue weighted by Crippen LogP contribution is 2.32. The molecule has 2 saturated heterocycles. The average Bonchev–Trinajstić information content (AvgIpc) is 3.39. The van der Waals surface area contributed by atoms with Gasteiger partial charge in [0.25, 0.3) is 5.91 Å². The largest absolute Gasteiger partial charge is 0.493 e. The first-order valence-corrected chi connectivity index (χ1v) is 15.9. The molecule has 44 heavy (non-hydrogen) atoms. The van der Waals surface area contributed by atoms with Crippen LogP contribution in [0.15, 0.2) is 18.2 Å². The summed E-state index contributed by atoms with van der Waals surface area (Å²) in [6.45, 7) is 13.2. The van der Waals surface area contributed by atoms with E-state index in [-0.39, 0.29) is 41.8 Å². The zero-order valence-corrected chi connectivity index (χ0v) is 27.7. The molecule has 11 heteroatoms. The van der Waals surface area contributed by atoms with Crippen LogP contribution in [0.25, 0.3) is 0 Å². The second kappa shape index (κ2) is 16.9. The van der Waals surface area contributed by atoms with Crippen molar-refractivity contribution in [2.45, 2.75) is 84.4 Å². The lowest BCUT2D eigenvalue weighted by molar-refractivity contribution is -0.122. The van der Waals surface area contributed by atoms with Crippen LogP contribution in [0.5, 0.6) is 11.5 Å². The molecule has 2 aliphatic rings. The summed E-state index contributed by atoms with van der Waals surface area (Å²) in [5.41, 5.74) is -0.123. The predicted molar refractivity (Wildman–Crippen MR) is 167 cm³/mol. The van der Waals surface area contributed by atoms with Gasteiger partial charge in [0, 0.05) is 77.1 Å². The smallest absolute Gasteiger partial charge is 0.410 e. The average molecular weight is 620 g/mol. The van der Waals surface area contributed by atoms with Crippen molar-refractivity contribution in [2.24, 2.45) is 11.8 Å². The van der Waals surface area contributed by atoms with Gasteiger partial charge in [-0.15, -0.1) is 0 Å². The molecule has 2 fully saturated rings. The molecular weight excluding hydrogens is 566 g/mol. The van der Waals surface area contributed by atoms with Gasteiger partial charge in [0.15, 0.2) is 11.5 Å². The van der Waals surface area contributed by atoms with Crippen molar-refractivity contribution >= 4 is 17.9 Å². The number of hydrogen-bond acceptors (Lipinski definition) is 8. The molecule has 2 heterocycles. The van der Waals surface area contributed by atoms with E-state index in [0.717, 1.165) is 12.8 Å². The number of ether oxygens (including phenoxy) is 5. The summed E-state index contributed by atoms with van der Waals surface area (Å²) in [5.74, 6) is 0.956. The highest BCUT2D eigenvalue weighted by molar-refractivity contribution is 5.95. The maximum atomic E-state index is 13.9. The highest BCUT2D eigenvalue weighted by Gasteiger charge is 2.39. The molecular formula is C33H53N3O8. The Balaban J connectivity index is 1.75. The Morgan fingerprint density at radius 1 is 1.05 bits per heavy atom. The fraction of sp³-hybridized carbons (Fsp3) is 0.727. The van der Waals surface area contributed by atoms with Crippen LogP contribution in [-0.2, 0) is 19.0 Å². The summed E-state index contributed by atoms with van der Waals surface area (Å²) >= 11 is 0. The summed E-state index contributed by atoms with van der Waals surface area (Å²) < 4.78 is 27.6. The van der Waals surface area contributed by atoms with E-state index in [0.29, 0.717) is 82.4 Å². The molecule has 0 unspecified atom stereocenters. The van der Waals surface area contributed by atoms with Gasteiger partial charge in [-0.1, -0.05) is 0 Å². The molecule has 2 atom stereocenters. The van der Waals surface area contributed by atoms with Crippen molar-refractivity contribution in [2.75, 3.05) is 60.3 Å². The van der Waals surface area contributed by atoms with E-state index in [4.69, 9.17) is 23.7 Å². The fourth-order valence-electron chi connectivity index (χ4n) is 5.66. The molecule has 3 amide bonds. The Kier molecular flexibility index (Phi) is 13.6. The SMILES string of the molecule is COCCCOc1cc(C(=O)N(C[C@@H]2CN(C(=O)OC(C)(C)C)C[C@H]2CCC(=O)NC2CCOCC2)C(C)C)ccc1OC. The summed E-state index contributed by atoms with van der Waals surface area (Å²) in [7, 11) is 3.21.